The summed E-state index contributed by atoms with van der Waals surface area (Å²) in [5.41, 5.74) is 8.26. The molecule has 2 nitrogen and oxygen atoms in total. The number of ether oxygens (including phenoxy) is 1. The van der Waals surface area contributed by atoms with Crippen molar-refractivity contribution in [2.24, 2.45) is 5.73 Å². The second-order valence-electron chi connectivity index (χ2n) is 4.64. The number of thioether (sulfide) groups is 1. The predicted octanol–water partition coefficient (Wildman–Crippen LogP) is 4.61. The van der Waals surface area contributed by atoms with Gasteiger partial charge >= 0.3 is 0 Å². The zero-order valence-electron chi connectivity index (χ0n) is 12.1. The summed E-state index contributed by atoms with van der Waals surface area (Å²) in [6.45, 7) is 2.67. The zero-order valence-corrected chi connectivity index (χ0v) is 12.9. The van der Waals surface area contributed by atoms with Gasteiger partial charge in [-0.2, -0.15) is 0 Å². The molecule has 2 aromatic rings. The highest BCUT2D eigenvalue weighted by molar-refractivity contribution is 7.98. The van der Waals surface area contributed by atoms with E-state index in [2.05, 4.69) is 31.4 Å². The number of aryl methyl sites for hydroxylation is 1. The lowest BCUT2D eigenvalue weighted by Crippen LogP contribution is -2.01. The molecule has 0 unspecified atom stereocenters. The smallest absolute Gasteiger partial charge is 0.133 e. The summed E-state index contributed by atoms with van der Waals surface area (Å²) in [7, 11) is 0. The molecule has 0 heterocycles. The Kier molecular flexibility index (Phi) is 5.50. The number of nitrogens with two attached hydrogens (primary N) is 1. The van der Waals surface area contributed by atoms with Crippen LogP contribution in [0.1, 0.15) is 24.5 Å². The lowest BCUT2D eigenvalue weighted by Gasteiger charge is -2.13. The molecule has 0 aliphatic heterocycles. The summed E-state index contributed by atoms with van der Waals surface area (Å²) < 4.78 is 5.98. The van der Waals surface area contributed by atoms with Crippen molar-refractivity contribution in [2.45, 2.75) is 31.2 Å². The highest BCUT2D eigenvalue weighted by Crippen LogP contribution is 2.31. The fourth-order valence-electron chi connectivity index (χ4n) is 2.17. The first-order chi connectivity index (χ1) is 9.78. The van der Waals surface area contributed by atoms with E-state index in [0.717, 1.165) is 29.9 Å². The molecule has 0 saturated carbocycles. The van der Waals surface area contributed by atoms with Crippen LogP contribution in [-0.2, 0) is 13.0 Å². The fourth-order valence-corrected chi connectivity index (χ4v) is 2.82. The van der Waals surface area contributed by atoms with E-state index in [-0.39, 0.29) is 0 Å². The summed E-state index contributed by atoms with van der Waals surface area (Å²) in [4.78, 5) is 1.17. The molecule has 0 spiro atoms. The standard InChI is InChI=1S/C17H21NOS/c1-3-5-13-8-10-14(11-9-13)19-16-6-4-7-17(20-2)15(16)12-18/h4,6-11H,3,5,12,18H2,1-2H3. The maximum absolute atomic E-state index is 5.98. The van der Waals surface area contributed by atoms with Gasteiger partial charge in [0.05, 0.1) is 0 Å². The van der Waals surface area contributed by atoms with Gasteiger partial charge in [0.1, 0.15) is 11.5 Å². The van der Waals surface area contributed by atoms with Crippen LogP contribution in [0.5, 0.6) is 11.5 Å². The maximum Gasteiger partial charge on any atom is 0.133 e. The first kappa shape index (κ1) is 14.9. The van der Waals surface area contributed by atoms with Gasteiger partial charge in [-0.3, -0.25) is 0 Å². The van der Waals surface area contributed by atoms with Gasteiger partial charge in [-0.1, -0.05) is 31.5 Å². The van der Waals surface area contributed by atoms with E-state index >= 15 is 0 Å². The Hall–Kier alpha value is -1.45. The van der Waals surface area contributed by atoms with E-state index < -0.39 is 0 Å². The minimum absolute atomic E-state index is 0.486. The second kappa shape index (κ2) is 7.36. The number of hydrogen-bond donors (Lipinski definition) is 1. The minimum Gasteiger partial charge on any atom is -0.457 e. The van der Waals surface area contributed by atoms with Crippen LogP contribution in [0, 0.1) is 0 Å². The molecule has 0 aliphatic rings. The third-order valence-electron chi connectivity index (χ3n) is 3.20. The van der Waals surface area contributed by atoms with Crippen LogP contribution in [0.15, 0.2) is 47.4 Å². The quantitative estimate of drug-likeness (QED) is 0.788. The molecule has 0 bridgehead atoms. The third-order valence-corrected chi connectivity index (χ3v) is 4.03. The van der Waals surface area contributed by atoms with Crippen molar-refractivity contribution in [1.29, 1.82) is 0 Å². The van der Waals surface area contributed by atoms with Gasteiger partial charge in [0.15, 0.2) is 0 Å². The lowest BCUT2D eigenvalue weighted by molar-refractivity contribution is 0.474. The largest absolute Gasteiger partial charge is 0.457 e. The summed E-state index contributed by atoms with van der Waals surface area (Å²) in [6.07, 6.45) is 4.32. The van der Waals surface area contributed by atoms with Crippen LogP contribution in [0.4, 0.5) is 0 Å². The summed E-state index contributed by atoms with van der Waals surface area (Å²) >= 11 is 1.69. The van der Waals surface area contributed by atoms with Crippen LogP contribution in [0.25, 0.3) is 0 Å². The molecule has 2 rings (SSSR count). The van der Waals surface area contributed by atoms with Gasteiger partial charge in [0, 0.05) is 17.0 Å². The predicted molar refractivity (Wildman–Crippen MR) is 86.6 cm³/mol. The van der Waals surface area contributed by atoms with E-state index in [9.17, 15) is 0 Å². The number of hydrogen-bond acceptors (Lipinski definition) is 3. The van der Waals surface area contributed by atoms with Crippen molar-refractivity contribution >= 4 is 11.8 Å². The van der Waals surface area contributed by atoms with Gasteiger partial charge in [0.25, 0.3) is 0 Å². The molecule has 3 heteroatoms. The first-order valence-corrected chi connectivity index (χ1v) is 8.13. The van der Waals surface area contributed by atoms with Crippen molar-refractivity contribution < 1.29 is 4.74 Å². The fraction of sp³-hybridized carbons (Fsp3) is 0.294. The number of rotatable bonds is 6. The Morgan fingerprint density at radius 1 is 1.10 bits per heavy atom. The lowest BCUT2D eigenvalue weighted by atomic mass is 10.1. The molecule has 0 atom stereocenters. The minimum atomic E-state index is 0.486. The van der Waals surface area contributed by atoms with Crippen LogP contribution in [0.2, 0.25) is 0 Å². The van der Waals surface area contributed by atoms with Crippen LogP contribution < -0.4 is 10.5 Å². The second-order valence-corrected chi connectivity index (χ2v) is 5.49. The molecule has 106 valence electrons. The molecule has 0 aliphatic carbocycles. The molecule has 20 heavy (non-hydrogen) atoms. The highest BCUT2D eigenvalue weighted by atomic mass is 32.2. The molecule has 2 N–H and O–H groups in total. The van der Waals surface area contributed by atoms with E-state index in [0.29, 0.717) is 6.54 Å². The molecular formula is C17H21NOS. The van der Waals surface area contributed by atoms with E-state index in [1.54, 1.807) is 11.8 Å². The van der Waals surface area contributed by atoms with Crippen molar-refractivity contribution in [3.05, 3.63) is 53.6 Å². The normalized spacial score (nSPS) is 10.6. The van der Waals surface area contributed by atoms with Crippen molar-refractivity contribution in [2.75, 3.05) is 6.26 Å². The highest BCUT2D eigenvalue weighted by Gasteiger charge is 2.08. The molecule has 2 aromatic carbocycles. The Balaban J connectivity index is 2.21. The third kappa shape index (κ3) is 3.56. The van der Waals surface area contributed by atoms with Gasteiger partial charge in [0.2, 0.25) is 0 Å². The van der Waals surface area contributed by atoms with Crippen LogP contribution in [0.3, 0.4) is 0 Å². The number of benzene rings is 2. The Morgan fingerprint density at radius 2 is 1.85 bits per heavy atom. The maximum atomic E-state index is 5.98. The van der Waals surface area contributed by atoms with Crippen molar-refractivity contribution in [3.63, 3.8) is 0 Å². The van der Waals surface area contributed by atoms with Gasteiger partial charge in [-0.15, -0.1) is 11.8 Å². The first-order valence-electron chi connectivity index (χ1n) is 6.91. The molecule has 0 aromatic heterocycles. The van der Waals surface area contributed by atoms with E-state index in [4.69, 9.17) is 10.5 Å². The average molecular weight is 287 g/mol. The Bertz CT molecular complexity index is 551. The van der Waals surface area contributed by atoms with Crippen LogP contribution in [-0.4, -0.2) is 6.26 Å². The molecular weight excluding hydrogens is 266 g/mol. The Labute approximate surface area is 125 Å². The average Bonchev–Trinajstić information content (AvgIpc) is 2.49. The molecule has 0 amide bonds. The van der Waals surface area contributed by atoms with Crippen molar-refractivity contribution in [3.8, 4) is 11.5 Å². The summed E-state index contributed by atoms with van der Waals surface area (Å²) in [5.74, 6) is 1.71. The summed E-state index contributed by atoms with van der Waals surface area (Å²) in [6, 6.07) is 14.4. The molecule has 0 fully saturated rings. The zero-order chi connectivity index (χ0) is 14.4. The van der Waals surface area contributed by atoms with Crippen LogP contribution >= 0.6 is 11.8 Å². The molecule has 0 radical (unpaired) electrons. The van der Waals surface area contributed by atoms with Crippen molar-refractivity contribution in [1.82, 2.24) is 0 Å². The summed E-state index contributed by atoms with van der Waals surface area (Å²) in [5, 5.41) is 0. The topological polar surface area (TPSA) is 35.2 Å². The van der Waals surface area contributed by atoms with E-state index in [1.807, 2.05) is 24.3 Å². The SMILES string of the molecule is CCCc1ccc(Oc2cccc(SC)c2CN)cc1. The van der Waals surface area contributed by atoms with E-state index in [1.165, 1.54) is 10.5 Å². The molecule has 0 saturated heterocycles. The van der Waals surface area contributed by atoms with Gasteiger partial charge < -0.3 is 10.5 Å². The Morgan fingerprint density at radius 3 is 2.45 bits per heavy atom. The van der Waals surface area contributed by atoms with Gasteiger partial charge in [-0.25, -0.2) is 0 Å². The van der Waals surface area contributed by atoms with Gasteiger partial charge in [-0.05, 0) is 42.5 Å². The monoisotopic (exact) mass is 287 g/mol.